The predicted octanol–water partition coefficient (Wildman–Crippen LogP) is 4.71. The Balaban J connectivity index is 1.69. The van der Waals surface area contributed by atoms with E-state index in [9.17, 15) is 4.79 Å². The van der Waals surface area contributed by atoms with E-state index in [4.69, 9.17) is 19.4 Å². The zero-order valence-corrected chi connectivity index (χ0v) is 20.5. The molecular weight excluding hydrogens is 432 g/mol. The number of carbonyl (C=O) groups is 1. The van der Waals surface area contributed by atoms with Crippen LogP contribution in [-0.4, -0.2) is 65.1 Å². The van der Waals surface area contributed by atoms with Gasteiger partial charge in [0.25, 0.3) is 0 Å². The fourth-order valence-corrected chi connectivity index (χ4v) is 5.91. The molecule has 0 N–H and O–H groups in total. The number of hydrogen-bond acceptors (Lipinski definition) is 8. The molecule has 0 aliphatic carbocycles. The maximum atomic E-state index is 12.1. The lowest BCUT2D eigenvalue weighted by atomic mass is 9.90. The lowest BCUT2D eigenvalue weighted by molar-refractivity contribution is -0.0543. The molecule has 1 fully saturated rings. The SMILES string of the molecule is CCCSc1nc(N2CCN(C(=O)OCC)CC2)c2c3c(sc2n1)CO[C@](C)(CC)C3. The van der Waals surface area contributed by atoms with Crippen molar-refractivity contribution in [3.63, 3.8) is 0 Å². The second-order valence-electron chi connectivity index (χ2n) is 8.30. The maximum absolute atomic E-state index is 12.1. The van der Waals surface area contributed by atoms with Gasteiger partial charge in [-0.25, -0.2) is 14.8 Å². The number of thiophene rings is 1. The minimum Gasteiger partial charge on any atom is -0.450 e. The highest BCUT2D eigenvalue weighted by molar-refractivity contribution is 7.99. The number of aromatic nitrogens is 2. The van der Waals surface area contributed by atoms with Crippen LogP contribution in [0, 0.1) is 0 Å². The molecule has 2 aromatic heterocycles. The largest absolute Gasteiger partial charge is 0.450 e. The molecular formula is C22H32N4O3S2. The summed E-state index contributed by atoms with van der Waals surface area (Å²) in [6.45, 7) is 12.2. The zero-order valence-electron chi connectivity index (χ0n) is 18.9. The van der Waals surface area contributed by atoms with Crippen LogP contribution >= 0.6 is 23.1 Å². The average molecular weight is 465 g/mol. The summed E-state index contributed by atoms with van der Waals surface area (Å²) in [4.78, 5) is 28.5. The number of rotatable bonds is 6. The quantitative estimate of drug-likeness (QED) is 0.453. The number of thioether (sulfide) groups is 1. The topological polar surface area (TPSA) is 67.8 Å². The third-order valence-electron chi connectivity index (χ3n) is 6.09. The molecule has 1 atom stereocenters. The predicted molar refractivity (Wildman–Crippen MR) is 126 cm³/mol. The van der Waals surface area contributed by atoms with Crippen molar-refractivity contribution < 1.29 is 14.3 Å². The van der Waals surface area contributed by atoms with E-state index in [1.165, 1.54) is 15.8 Å². The van der Waals surface area contributed by atoms with Crippen LogP contribution in [0.25, 0.3) is 10.2 Å². The number of ether oxygens (including phenoxy) is 2. The van der Waals surface area contributed by atoms with E-state index in [0.717, 1.165) is 53.9 Å². The zero-order chi connectivity index (χ0) is 22.0. The van der Waals surface area contributed by atoms with Crippen LogP contribution in [0.15, 0.2) is 5.16 Å². The van der Waals surface area contributed by atoms with Crippen LogP contribution in [0.3, 0.4) is 0 Å². The molecule has 2 aliphatic heterocycles. The Labute approximate surface area is 192 Å². The van der Waals surface area contributed by atoms with Gasteiger partial charge < -0.3 is 19.3 Å². The van der Waals surface area contributed by atoms with Crippen LogP contribution in [0.5, 0.6) is 0 Å². The summed E-state index contributed by atoms with van der Waals surface area (Å²) in [5.41, 5.74) is 1.21. The standard InChI is InChI=1S/C22H32N4O3S2/c1-5-12-30-20-23-18(25-8-10-26(11-9-25)21(27)28-7-3)17-15-13-22(4,6-2)29-14-16(15)31-19(17)24-20/h5-14H2,1-4H3/t22-/m1/s1. The normalized spacial score (nSPS) is 21.4. The highest BCUT2D eigenvalue weighted by atomic mass is 32.2. The van der Waals surface area contributed by atoms with Crippen molar-refractivity contribution >= 4 is 45.2 Å². The van der Waals surface area contributed by atoms with E-state index in [1.54, 1.807) is 28.0 Å². The average Bonchev–Trinajstić information content (AvgIpc) is 3.14. The molecule has 1 saturated heterocycles. The number of fused-ring (bicyclic) bond motifs is 3. The third-order valence-corrected chi connectivity index (χ3v) is 8.24. The van der Waals surface area contributed by atoms with Crippen molar-refractivity contribution in [2.75, 3.05) is 43.4 Å². The number of nitrogens with zero attached hydrogens (tertiary/aromatic N) is 4. The Hall–Kier alpha value is -1.58. The first-order chi connectivity index (χ1) is 15.0. The molecule has 4 rings (SSSR count). The summed E-state index contributed by atoms with van der Waals surface area (Å²) in [5, 5.41) is 2.03. The van der Waals surface area contributed by atoms with Gasteiger partial charge in [0.1, 0.15) is 10.6 Å². The van der Waals surface area contributed by atoms with E-state index >= 15 is 0 Å². The molecule has 0 unspecified atom stereocenters. The van der Waals surface area contributed by atoms with Crippen LogP contribution in [-0.2, 0) is 22.5 Å². The van der Waals surface area contributed by atoms with Gasteiger partial charge >= 0.3 is 6.09 Å². The molecule has 2 aromatic rings. The molecule has 7 nitrogen and oxygen atoms in total. The van der Waals surface area contributed by atoms with Crippen molar-refractivity contribution in [3.8, 4) is 0 Å². The van der Waals surface area contributed by atoms with Gasteiger partial charge in [-0.2, -0.15) is 0 Å². The maximum Gasteiger partial charge on any atom is 0.409 e. The lowest BCUT2D eigenvalue weighted by Gasteiger charge is -2.36. The summed E-state index contributed by atoms with van der Waals surface area (Å²) >= 11 is 3.47. The van der Waals surface area contributed by atoms with Gasteiger partial charge in [-0.05, 0) is 32.3 Å². The fraction of sp³-hybridized carbons (Fsp3) is 0.682. The fourth-order valence-electron chi connectivity index (χ4n) is 4.06. The van der Waals surface area contributed by atoms with E-state index in [0.29, 0.717) is 26.3 Å². The molecule has 1 amide bonds. The number of amides is 1. The summed E-state index contributed by atoms with van der Waals surface area (Å²) in [5.74, 6) is 2.02. The van der Waals surface area contributed by atoms with Crippen molar-refractivity contribution in [1.29, 1.82) is 0 Å². The number of hydrogen-bond donors (Lipinski definition) is 0. The summed E-state index contributed by atoms with van der Waals surface area (Å²) in [6, 6.07) is 0. The first-order valence-electron chi connectivity index (χ1n) is 11.2. The van der Waals surface area contributed by atoms with E-state index in [2.05, 4.69) is 25.7 Å². The van der Waals surface area contributed by atoms with Gasteiger partial charge in [-0.3, -0.25) is 0 Å². The summed E-state index contributed by atoms with van der Waals surface area (Å²) < 4.78 is 11.4. The van der Waals surface area contributed by atoms with Crippen LogP contribution in [0.2, 0.25) is 0 Å². The highest BCUT2D eigenvalue weighted by Gasteiger charge is 2.34. The molecule has 31 heavy (non-hydrogen) atoms. The van der Waals surface area contributed by atoms with Crippen LogP contribution in [0.1, 0.15) is 51.0 Å². The molecule has 170 valence electrons. The minimum atomic E-state index is -0.224. The third kappa shape index (κ3) is 4.64. The molecule has 0 saturated carbocycles. The second-order valence-corrected chi connectivity index (χ2v) is 10.4. The van der Waals surface area contributed by atoms with Crippen molar-refractivity contribution in [3.05, 3.63) is 10.4 Å². The highest BCUT2D eigenvalue weighted by Crippen LogP contribution is 2.43. The number of piperazine rings is 1. The van der Waals surface area contributed by atoms with Crippen molar-refractivity contribution in [1.82, 2.24) is 14.9 Å². The molecule has 0 bridgehead atoms. The summed E-state index contributed by atoms with van der Waals surface area (Å²) in [6.07, 6.45) is 2.73. The second kappa shape index (κ2) is 9.50. The van der Waals surface area contributed by atoms with Gasteiger partial charge in [0, 0.05) is 43.2 Å². The van der Waals surface area contributed by atoms with Gasteiger partial charge in [0.05, 0.1) is 24.2 Å². The van der Waals surface area contributed by atoms with Crippen LogP contribution in [0.4, 0.5) is 10.6 Å². The van der Waals surface area contributed by atoms with E-state index in [-0.39, 0.29) is 11.7 Å². The Morgan fingerprint density at radius 3 is 2.68 bits per heavy atom. The Morgan fingerprint density at radius 2 is 2.00 bits per heavy atom. The molecule has 2 aliphatic rings. The molecule has 0 aromatic carbocycles. The Kier molecular flexibility index (Phi) is 6.93. The van der Waals surface area contributed by atoms with Gasteiger partial charge in [-0.15, -0.1) is 11.3 Å². The molecule has 9 heteroatoms. The van der Waals surface area contributed by atoms with Crippen molar-refractivity contribution in [2.45, 2.75) is 64.3 Å². The first kappa shape index (κ1) is 22.6. The monoisotopic (exact) mass is 464 g/mol. The molecule has 4 heterocycles. The minimum absolute atomic E-state index is 0.142. The van der Waals surface area contributed by atoms with Crippen molar-refractivity contribution in [2.24, 2.45) is 0 Å². The first-order valence-corrected chi connectivity index (χ1v) is 13.0. The molecule has 0 radical (unpaired) electrons. The van der Waals surface area contributed by atoms with E-state index in [1.807, 2.05) is 6.92 Å². The number of anilines is 1. The van der Waals surface area contributed by atoms with Crippen LogP contribution < -0.4 is 4.90 Å². The lowest BCUT2D eigenvalue weighted by Crippen LogP contribution is -2.49. The van der Waals surface area contributed by atoms with Gasteiger partial charge in [0.2, 0.25) is 0 Å². The van der Waals surface area contributed by atoms with Gasteiger partial charge in [-0.1, -0.05) is 25.6 Å². The summed E-state index contributed by atoms with van der Waals surface area (Å²) in [7, 11) is 0. The Bertz CT molecular complexity index is 942. The number of carbonyl (C=O) groups excluding carboxylic acids is 1. The molecule has 0 spiro atoms. The van der Waals surface area contributed by atoms with Gasteiger partial charge in [0.15, 0.2) is 5.16 Å². The smallest absolute Gasteiger partial charge is 0.409 e. The Morgan fingerprint density at radius 1 is 1.23 bits per heavy atom. The van der Waals surface area contributed by atoms with E-state index < -0.39 is 0 Å².